The highest BCUT2D eigenvalue weighted by atomic mass is 32.1. The fourth-order valence-electron chi connectivity index (χ4n) is 1.89. The van der Waals surface area contributed by atoms with Crippen molar-refractivity contribution >= 4 is 28.6 Å². The van der Waals surface area contributed by atoms with Crippen molar-refractivity contribution in [3.05, 3.63) is 56.8 Å². The smallest absolute Gasteiger partial charge is 0.269 e. The molecule has 1 heterocycles. The number of nitro benzene ring substituents is 1. The van der Waals surface area contributed by atoms with Crippen molar-refractivity contribution in [2.24, 2.45) is 0 Å². The number of benzene rings is 1. The van der Waals surface area contributed by atoms with Crippen molar-refractivity contribution in [3.63, 3.8) is 0 Å². The lowest BCUT2D eigenvalue weighted by atomic mass is 10.2. The van der Waals surface area contributed by atoms with E-state index in [4.69, 9.17) is 0 Å². The summed E-state index contributed by atoms with van der Waals surface area (Å²) in [6.45, 7) is 1.08. The third kappa shape index (κ3) is 5.17. The molecule has 0 atom stereocenters. The van der Waals surface area contributed by atoms with Gasteiger partial charge >= 0.3 is 0 Å². The Kier molecular flexibility index (Phi) is 5.91. The van der Waals surface area contributed by atoms with Gasteiger partial charge in [0.25, 0.3) is 5.69 Å². The molecular formula is C15H17N3O3S. The normalized spacial score (nSPS) is 10.2. The number of nitro groups is 1. The van der Waals surface area contributed by atoms with Crippen LogP contribution in [0.5, 0.6) is 0 Å². The Balaban J connectivity index is 1.62. The van der Waals surface area contributed by atoms with E-state index >= 15 is 0 Å². The van der Waals surface area contributed by atoms with Crippen LogP contribution in [0.25, 0.3) is 0 Å². The third-order valence-electron chi connectivity index (χ3n) is 3.08. The van der Waals surface area contributed by atoms with Crippen LogP contribution in [0, 0.1) is 10.1 Å². The third-order valence-corrected chi connectivity index (χ3v) is 3.81. The molecule has 0 saturated heterocycles. The number of carbonyl (C=O) groups is 1. The quantitative estimate of drug-likeness (QED) is 0.445. The van der Waals surface area contributed by atoms with E-state index in [9.17, 15) is 14.9 Å². The standard InChI is InChI=1S/C15H17N3O3S/c19-15(6-1-12-7-10-22-11-12)17-9-8-16-13-2-4-14(5-3-13)18(20)21/h2-5,7,10-11,16H,1,6,8-9H2,(H,17,19). The zero-order valence-corrected chi connectivity index (χ0v) is 12.8. The summed E-state index contributed by atoms with van der Waals surface area (Å²) in [6, 6.07) is 8.21. The first-order valence-corrected chi connectivity index (χ1v) is 7.85. The van der Waals surface area contributed by atoms with Crippen molar-refractivity contribution in [2.45, 2.75) is 12.8 Å². The summed E-state index contributed by atoms with van der Waals surface area (Å²) < 4.78 is 0. The zero-order chi connectivity index (χ0) is 15.8. The summed E-state index contributed by atoms with van der Waals surface area (Å²) >= 11 is 1.63. The number of thiophene rings is 1. The monoisotopic (exact) mass is 319 g/mol. The number of anilines is 1. The Morgan fingerprint density at radius 3 is 2.59 bits per heavy atom. The SMILES string of the molecule is O=C(CCc1ccsc1)NCCNc1ccc([N+](=O)[O-])cc1. The molecule has 6 nitrogen and oxygen atoms in total. The molecule has 0 aliphatic heterocycles. The lowest BCUT2D eigenvalue weighted by Gasteiger charge is -2.07. The molecule has 0 unspecified atom stereocenters. The predicted molar refractivity (Wildman–Crippen MR) is 87.2 cm³/mol. The Labute approximate surface area is 132 Å². The van der Waals surface area contributed by atoms with Gasteiger partial charge < -0.3 is 10.6 Å². The molecule has 0 fully saturated rings. The Morgan fingerprint density at radius 2 is 1.95 bits per heavy atom. The summed E-state index contributed by atoms with van der Waals surface area (Å²) in [5.74, 6) is 0.0247. The van der Waals surface area contributed by atoms with Gasteiger partial charge in [-0.15, -0.1) is 0 Å². The van der Waals surface area contributed by atoms with Gasteiger partial charge in [-0.3, -0.25) is 14.9 Å². The molecule has 0 radical (unpaired) electrons. The lowest BCUT2D eigenvalue weighted by Crippen LogP contribution is -2.28. The summed E-state index contributed by atoms with van der Waals surface area (Å²) in [7, 11) is 0. The van der Waals surface area contributed by atoms with Gasteiger partial charge in [0.15, 0.2) is 0 Å². The van der Waals surface area contributed by atoms with E-state index in [2.05, 4.69) is 10.6 Å². The highest BCUT2D eigenvalue weighted by Gasteiger charge is 2.04. The van der Waals surface area contributed by atoms with E-state index in [-0.39, 0.29) is 11.6 Å². The van der Waals surface area contributed by atoms with E-state index in [0.717, 1.165) is 12.1 Å². The van der Waals surface area contributed by atoms with Gasteiger partial charge in [-0.05, 0) is 40.9 Å². The Morgan fingerprint density at radius 1 is 1.18 bits per heavy atom. The number of hydrogen-bond donors (Lipinski definition) is 2. The topological polar surface area (TPSA) is 84.3 Å². The van der Waals surface area contributed by atoms with Gasteiger partial charge in [0.2, 0.25) is 5.91 Å². The maximum atomic E-state index is 11.7. The second-order valence-corrected chi connectivity index (χ2v) is 5.49. The van der Waals surface area contributed by atoms with E-state index < -0.39 is 4.92 Å². The second kappa shape index (κ2) is 8.14. The Bertz CT molecular complexity index is 611. The first-order chi connectivity index (χ1) is 10.6. The first kappa shape index (κ1) is 16.0. The number of hydrogen-bond acceptors (Lipinski definition) is 5. The van der Waals surface area contributed by atoms with Crippen molar-refractivity contribution in [1.82, 2.24) is 5.32 Å². The van der Waals surface area contributed by atoms with E-state index in [1.54, 1.807) is 23.5 Å². The summed E-state index contributed by atoms with van der Waals surface area (Å²) in [5.41, 5.74) is 2.04. The molecular weight excluding hydrogens is 302 g/mol. The largest absolute Gasteiger partial charge is 0.383 e. The molecule has 0 aliphatic rings. The lowest BCUT2D eigenvalue weighted by molar-refractivity contribution is -0.384. The molecule has 2 N–H and O–H groups in total. The van der Waals surface area contributed by atoms with Crippen molar-refractivity contribution in [1.29, 1.82) is 0 Å². The van der Waals surface area contributed by atoms with Crippen LogP contribution < -0.4 is 10.6 Å². The maximum absolute atomic E-state index is 11.7. The average molecular weight is 319 g/mol. The number of aryl methyl sites for hydroxylation is 1. The number of rotatable bonds is 8. The predicted octanol–water partition coefficient (Wildman–Crippen LogP) is 2.82. The van der Waals surface area contributed by atoms with Crippen LogP contribution in [0.15, 0.2) is 41.1 Å². The van der Waals surface area contributed by atoms with Gasteiger partial charge in [-0.25, -0.2) is 0 Å². The second-order valence-electron chi connectivity index (χ2n) is 4.71. The molecule has 0 saturated carbocycles. The minimum atomic E-state index is -0.433. The molecule has 0 bridgehead atoms. The molecule has 2 aromatic rings. The van der Waals surface area contributed by atoms with Crippen LogP contribution in [0.3, 0.4) is 0 Å². The molecule has 1 aromatic carbocycles. The van der Waals surface area contributed by atoms with Crippen molar-refractivity contribution < 1.29 is 9.72 Å². The van der Waals surface area contributed by atoms with Crippen LogP contribution in [0.1, 0.15) is 12.0 Å². The van der Waals surface area contributed by atoms with Gasteiger partial charge in [-0.2, -0.15) is 11.3 Å². The number of amides is 1. The summed E-state index contributed by atoms with van der Waals surface area (Å²) in [4.78, 5) is 21.8. The molecule has 116 valence electrons. The van der Waals surface area contributed by atoms with Crippen LogP contribution in [0.2, 0.25) is 0 Å². The van der Waals surface area contributed by atoms with E-state index in [1.165, 1.54) is 17.7 Å². The zero-order valence-electron chi connectivity index (χ0n) is 12.0. The first-order valence-electron chi connectivity index (χ1n) is 6.91. The van der Waals surface area contributed by atoms with E-state index in [1.807, 2.05) is 16.8 Å². The number of non-ortho nitro benzene ring substituents is 1. The molecule has 0 spiro atoms. The highest BCUT2D eigenvalue weighted by Crippen LogP contribution is 2.14. The molecule has 22 heavy (non-hydrogen) atoms. The minimum Gasteiger partial charge on any atom is -0.383 e. The molecule has 1 amide bonds. The average Bonchev–Trinajstić information content (AvgIpc) is 3.03. The van der Waals surface area contributed by atoms with E-state index in [0.29, 0.717) is 19.5 Å². The van der Waals surface area contributed by atoms with Gasteiger partial charge in [0, 0.05) is 37.3 Å². The fourth-order valence-corrected chi connectivity index (χ4v) is 2.59. The fraction of sp³-hybridized carbons (Fsp3) is 0.267. The van der Waals surface area contributed by atoms with Crippen molar-refractivity contribution in [2.75, 3.05) is 18.4 Å². The highest BCUT2D eigenvalue weighted by molar-refractivity contribution is 7.07. The van der Waals surface area contributed by atoms with Gasteiger partial charge in [-0.1, -0.05) is 0 Å². The minimum absolute atomic E-state index is 0.0247. The number of nitrogens with one attached hydrogen (secondary N) is 2. The van der Waals surface area contributed by atoms with Crippen LogP contribution in [-0.4, -0.2) is 23.9 Å². The number of nitrogens with zero attached hydrogens (tertiary/aromatic N) is 1. The molecule has 7 heteroatoms. The van der Waals surface area contributed by atoms with Crippen LogP contribution >= 0.6 is 11.3 Å². The maximum Gasteiger partial charge on any atom is 0.269 e. The van der Waals surface area contributed by atoms with Crippen LogP contribution in [-0.2, 0) is 11.2 Å². The number of carbonyl (C=O) groups excluding carboxylic acids is 1. The van der Waals surface area contributed by atoms with Gasteiger partial charge in [0.05, 0.1) is 4.92 Å². The van der Waals surface area contributed by atoms with Crippen molar-refractivity contribution in [3.8, 4) is 0 Å². The molecule has 2 rings (SSSR count). The van der Waals surface area contributed by atoms with Gasteiger partial charge in [0.1, 0.15) is 0 Å². The molecule has 1 aromatic heterocycles. The van der Waals surface area contributed by atoms with Crippen LogP contribution in [0.4, 0.5) is 11.4 Å². The molecule has 0 aliphatic carbocycles. The Hall–Kier alpha value is -2.41. The summed E-state index contributed by atoms with van der Waals surface area (Å²) in [5, 5.41) is 20.5. The summed E-state index contributed by atoms with van der Waals surface area (Å²) in [6.07, 6.45) is 1.24.